The quantitative estimate of drug-likeness (QED) is 0.764. The molecule has 0 spiro atoms. The molecular formula is C21H27ClN2O3. The van der Waals surface area contributed by atoms with Crippen LogP contribution in [0.5, 0.6) is 0 Å². The molecule has 0 bridgehead atoms. The van der Waals surface area contributed by atoms with Crippen LogP contribution in [0.3, 0.4) is 0 Å². The molecule has 0 aliphatic carbocycles. The van der Waals surface area contributed by atoms with Gasteiger partial charge in [-0.25, -0.2) is 4.79 Å². The van der Waals surface area contributed by atoms with Gasteiger partial charge in [0, 0.05) is 37.6 Å². The van der Waals surface area contributed by atoms with E-state index in [9.17, 15) is 9.59 Å². The molecule has 5 nitrogen and oxygen atoms in total. The number of amides is 2. The molecule has 3 rings (SSSR count). The summed E-state index contributed by atoms with van der Waals surface area (Å²) in [5.41, 5.74) is 2.74. The summed E-state index contributed by atoms with van der Waals surface area (Å²) in [4.78, 5) is 27.5. The second kappa shape index (κ2) is 7.93. The molecule has 2 aliphatic rings. The molecule has 0 N–H and O–H groups in total. The maximum atomic E-state index is 12.2. The molecule has 1 aromatic rings. The highest BCUT2D eigenvalue weighted by atomic mass is 35.5. The Bertz CT molecular complexity index is 767. The average molecular weight is 391 g/mol. The first-order chi connectivity index (χ1) is 12.7. The fourth-order valence-electron chi connectivity index (χ4n) is 3.38. The SMILES string of the molecule is CC(C)(C)OC(=O)N1CC=C(c2ccc(CN3CCCC3=O)c(Cl)c2)CC1. The monoisotopic (exact) mass is 390 g/mol. The molecule has 0 saturated carbocycles. The molecule has 0 atom stereocenters. The summed E-state index contributed by atoms with van der Waals surface area (Å²) >= 11 is 6.48. The molecule has 0 radical (unpaired) electrons. The van der Waals surface area contributed by atoms with Crippen molar-refractivity contribution in [3.8, 4) is 0 Å². The van der Waals surface area contributed by atoms with Gasteiger partial charge in [0.05, 0.1) is 0 Å². The Morgan fingerprint density at radius 2 is 2.00 bits per heavy atom. The summed E-state index contributed by atoms with van der Waals surface area (Å²) in [6, 6.07) is 6.02. The minimum Gasteiger partial charge on any atom is -0.444 e. The molecule has 27 heavy (non-hydrogen) atoms. The van der Waals surface area contributed by atoms with Crippen molar-refractivity contribution in [2.75, 3.05) is 19.6 Å². The molecule has 2 aliphatic heterocycles. The normalized spacial score (nSPS) is 17.9. The number of nitrogens with zero attached hydrogens (tertiary/aromatic N) is 2. The average Bonchev–Trinajstić information content (AvgIpc) is 3.00. The predicted octanol–water partition coefficient (Wildman–Crippen LogP) is 4.49. The van der Waals surface area contributed by atoms with Gasteiger partial charge in [-0.05, 0) is 56.4 Å². The standard InChI is InChI=1S/C21H27ClN2O3/c1-21(2,3)27-20(26)23-11-8-15(9-12-23)16-6-7-17(18(22)13-16)14-24-10-4-5-19(24)25/h6-8,13H,4-5,9-12,14H2,1-3H3. The van der Waals surface area contributed by atoms with Crippen molar-refractivity contribution in [1.82, 2.24) is 9.80 Å². The van der Waals surface area contributed by atoms with E-state index in [1.54, 1.807) is 4.90 Å². The van der Waals surface area contributed by atoms with Crippen molar-refractivity contribution in [3.05, 3.63) is 40.4 Å². The number of ether oxygens (including phenoxy) is 1. The molecule has 2 amide bonds. The first-order valence-electron chi connectivity index (χ1n) is 9.46. The fraction of sp³-hybridized carbons (Fsp3) is 0.524. The summed E-state index contributed by atoms with van der Waals surface area (Å²) < 4.78 is 5.43. The predicted molar refractivity (Wildman–Crippen MR) is 107 cm³/mol. The van der Waals surface area contributed by atoms with Gasteiger partial charge in [0.15, 0.2) is 0 Å². The largest absolute Gasteiger partial charge is 0.444 e. The lowest BCUT2D eigenvalue weighted by atomic mass is 9.98. The number of hydrogen-bond acceptors (Lipinski definition) is 3. The van der Waals surface area contributed by atoms with Crippen molar-refractivity contribution >= 4 is 29.2 Å². The Morgan fingerprint density at radius 1 is 1.22 bits per heavy atom. The van der Waals surface area contributed by atoms with Gasteiger partial charge in [-0.1, -0.05) is 29.8 Å². The van der Waals surface area contributed by atoms with Crippen molar-refractivity contribution in [3.63, 3.8) is 0 Å². The van der Waals surface area contributed by atoms with Crippen LogP contribution >= 0.6 is 11.6 Å². The van der Waals surface area contributed by atoms with E-state index >= 15 is 0 Å². The summed E-state index contributed by atoms with van der Waals surface area (Å²) in [6.45, 7) is 8.15. The van der Waals surface area contributed by atoms with Crippen LogP contribution in [-0.2, 0) is 16.1 Å². The summed E-state index contributed by atoms with van der Waals surface area (Å²) in [5, 5.41) is 0.683. The van der Waals surface area contributed by atoms with Crippen molar-refractivity contribution < 1.29 is 14.3 Å². The Hall–Kier alpha value is -2.01. The highest BCUT2D eigenvalue weighted by molar-refractivity contribution is 6.31. The number of carbonyl (C=O) groups excluding carboxylic acids is 2. The van der Waals surface area contributed by atoms with Crippen LogP contribution in [0.25, 0.3) is 5.57 Å². The van der Waals surface area contributed by atoms with Crippen molar-refractivity contribution in [2.45, 2.75) is 52.2 Å². The van der Waals surface area contributed by atoms with Crippen LogP contribution in [0.4, 0.5) is 4.79 Å². The molecule has 1 fully saturated rings. The number of rotatable bonds is 3. The summed E-state index contributed by atoms with van der Waals surface area (Å²) in [7, 11) is 0. The summed E-state index contributed by atoms with van der Waals surface area (Å²) in [6.07, 6.45) is 4.11. The first-order valence-corrected chi connectivity index (χ1v) is 9.84. The molecule has 2 heterocycles. The zero-order chi connectivity index (χ0) is 19.6. The van der Waals surface area contributed by atoms with E-state index in [1.165, 1.54) is 5.57 Å². The van der Waals surface area contributed by atoms with Crippen LogP contribution < -0.4 is 0 Å². The van der Waals surface area contributed by atoms with Crippen molar-refractivity contribution in [2.24, 2.45) is 0 Å². The minimum atomic E-state index is -0.485. The number of hydrogen-bond donors (Lipinski definition) is 0. The van der Waals surface area contributed by atoms with Gasteiger partial charge in [0.1, 0.15) is 5.60 Å². The highest BCUT2D eigenvalue weighted by Gasteiger charge is 2.24. The van der Waals surface area contributed by atoms with Gasteiger partial charge in [-0.3, -0.25) is 4.79 Å². The third-order valence-electron chi connectivity index (χ3n) is 4.82. The maximum absolute atomic E-state index is 12.2. The van der Waals surface area contributed by atoms with E-state index in [4.69, 9.17) is 16.3 Å². The maximum Gasteiger partial charge on any atom is 0.410 e. The van der Waals surface area contributed by atoms with E-state index < -0.39 is 5.60 Å². The number of carbonyl (C=O) groups is 2. The van der Waals surface area contributed by atoms with E-state index in [0.717, 1.165) is 30.5 Å². The lowest BCUT2D eigenvalue weighted by molar-refractivity contribution is -0.128. The molecule has 1 aromatic carbocycles. The lowest BCUT2D eigenvalue weighted by Gasteiger charge is -2.29. The number of halogens is 1. The number of likely N-dealkylation sites (tertiary alicyclic amines) is 1. The van der Waals surface area contributed by atoms with Crippen LogP contribution in [0.2, 0.25) is 5.02 Å². The van der Waals surface area contributed by atoms with Crippen molar-refractivity contribution in [1.29, 1.82) is 0 Å². The third-order valence-corrected chi connectivity index (χ3v) is 5.17. The topological polar surface area (TPSA) is 49.9 Å². The molecule has 0 unspecified atom stereocenters. The molecule has 6 heteroatoms. The van der Waals surface area contributed by atoms with Crippen LogP contribution in [0.15, 0.2) is 24.3 Å². The number of benzene rings is 1. The van der Waals surface area contributed by atoms with Crippen LogP contribution in [0.1, 0.15) is 51.2 Å². The zero-order valence-electron chi connectivity index (χ0n) is 16.3. The molecular weight excluding hydrogens is 364 g/mol. The molecule has 146 valence electrons. The smallest absolute Gasteiger partial charge is 0.410 e. The Balaban J connectivity index is 1.64. The van der Waals surface area contributed by atoms with E-state index in [1.807, 2.05) is 37.8 Å². The third kappa shape index (κ3) is 5.04. The van der Waals surface area contributed by atoms with Crippen LogP contribution in [-0.4, -0.2) is 47.0 Å². The summed E-state index contributed by atoms with van der Waals surface area (Å²) in [5.74, 6) is 0.201. The van der Waals surface area contributed by atoms with Gasteiger partial charge >= 0.3 is 6.09 Å². The highest BCUT2D eigenvalue weighted by Crippen LogP contribution is 2.28. The lowest BCUT2D eigenvalue weighted by Crippen LogP contribution is -2.39. The molecule has 1 saturated heterocycles. The second-order valence-electron chi connectivity index (χ2n) is 8.13. The van der Waals surface area contributed by atoms with Gasteiger partial charge in [-0.2, -0.15) is 0 Å². The molecule has 0 aromatic heterocycles. The van der Waals surface area contributed by atoms with Gasteiger partial charge in [-0.15, -0.1) is 0 Å². The fourth-order valence-corrected chi connectivity index (χ4v) is 3.62. The first kappa shape index (κ1) is 19.7. The minimum absolute atomic E-state index is 0.201. The van der Waals surface area contributed by atoms with Gasteiger partial charge < -0.3 is 14.5 Å². The Morgan fingerprint density at radius 3 is 2.56 bits per heavy atom. The Kier molecular flexibility index (Phi) is 5.80. The Labute approximate surface area is 165 Å². The van der Waals surface area contributed by atoms with E-state index in [-0.39, 0.29) is 12.0 Å². The zero-order valence-corrected chi connectivity index (χ0v) is 17.0. The van der Waals surface area contributed by atoms with Gasteiger partial charge in [0.25, 0.3) is 0 Å². The van der Waals surface area contributed by atoms with Crippen LogP contribution in [0, 0.1) is 0 Å². The van der Waals surface area contributed by atoms with E-state index in [2.05, 4.69) is 12.1 Å². The van der Waals surface area contributed by atoms with E-state index in [0.29, 0.717) is 31.1 Å². The second-order valence-corrected chi connectivity index (χ2v) is 8.54. The van der Waals surface area contributed by atoms with Gasteiger partial charge in [0.2, 0.25) is 5.91 Å².